The number of anilines is 1. The van der Waals surface area contributed by atoms with Crippen molar-refractivity contribution in [2.45, 2.75) is 204 Å². The summed E-state index contributed by atoms with van der Waals surface area (Å²) in [7, 11) is 4.35. The van der Waals surface area contributed by atoms with Gasteiger partial charge in [0.05, 0.1) is 47.5 Å². The van der Waals surface area contributed by atoms with Crippen molar-refractivity contribution in [3.8, 4) is 0 Å². The van der Waals surface area contributed by atoms with E-state index in [2.05, 4.69) is 10.6 Å². The van der Waals surface area contributed by atoms with E-state index in [0.717, 1.165) is 18.6 Å². The Kier molecular flexibility index (Phi) is 20.0. The Morgan fingerprint density at radius 3 is 2.14 bits per heavy atom. The second-order valence-electron chi connectivity index (χ2n) is 20.7. The van der Waals surface area contributed by atoms with Crippen molar-refractivity contribution >= 4 is 17.7 Å². The number of nitrogens with one attached hydrogen (secondary N) is 2. The first-order valence-electron chi connectivity index (χ1n) is 24.4. The zero-order chi connectivity index (χ0) is 52.2. The number of hydrogen-bond acceptors (Lipinski definition) is 15. The standard InChI is InChI=1S/C49H83F3N4O13/c1-15-21-53-26-48(63)32(8)66-37(24-46(48,10)64-14)68-39-29(5)41(45(9,61)23-27(3)25-54-31(7)40(58)47(11,62)36(16-2)67-42(59)30(39)6)69-43-38(57)35(22-28(4)65-43)56(13)44(60)55(12)34-19-17-33(18-20-34)49(50,51)52/h17-20,27-32,35-41,43,53-54,57-58,61-63H,15-16,21-26H2,1-14H3/t27-,28-,29+,30-,31-,32+,35+,36-,37+,38-,39+,40-,41-,43+,45-,46-,47-,48+/m1/s1. The number of cyclic esters (lactones) is 1. The Hall–Kier alpha value is -2.73. The van der Waals surface area contributed by atoms with Crippen molar-refractivity contribution in [2.75, 3.05) is 45.7 Å². The number of aliphatic hydroxyl groups is 5. The number of urea groups is 1. The third-order valence-electron chi connectivity index (χ3n) is 15.0. The normalized spacial score (nSPS) is 41.1. The average Bonchev–Trinajstić information content (AvgIpc) is 3.28. The van der Waals surface area contributed by atoms with Crippen LogP contribution in [0.4, 0.5) is 23.7 Å². The van der Waals surface area contributed by atoms with Crippen molar-refractivity contribution < 1.29 is 76.7 Å². The molecule has 3 aliphatic heterocycles. The molecule has 1 aromatic carbocycles. The Labute approximate surface area is 406 Å². The lowest BCUT2D eigenvalue weighted by molar-refractivity contribution is -0.336. The monoisotopic (exact) mass is 993 g/mol. The zero-order valence-electron chi connectivity index (χ0n) is 43.1. The molecule has 69 heavy (non-hydrogen) atoms. The van der Waals surface area contributed by atoms with Crippen LogP contribution in [0.3, 0.4) is 0 Å². The second-order valence-corrected chi connectivity index (χ2v) is 20.7. The van der Waals surface area contributed by atoms with Crippen LogP contribution in [0, 0.1) is 17.8 Å². The summed E-state index contributed by atoms with van der Waals surface area (Å²) in [5.41, 5.74) is -7.12. The van der Waals surface area contributed by atoms with Gasteiger partial charge in [0.1, 0.15) is 35.1 Å². The molecule has 0 aromatic heterocycles. The number of esters is 1. The maximum Gasteiger partial charge on any atom is 0.416 e. The van der Waals surface area contributed by atoms with E-state index in [-0.39, 0.29) is 50.4 Å². The minimum absolute atomic E-state index is 0.00490. The van der Waals surface area contributed by atoms with Gasteiger partial charge in [-0.05, 0) is 117 Å². The van der Waals surface area contributed by atoms with Gasteiger partial charge in [-0.15, -0.1) is 0 Å². The highest BCUT2D eigenvalue weighted by Crippen LogP contribution is 2.43. The van der Waals surface area contributed by atoms with Gasteiger partial charge >= 0.3 is 18.2 Å². The molecule has 2 amide bonds. The smallest absolute Gasteiger partial charge is 0.416 e. The lowest BCUT2D eigenvalue weighted by Gasteiger charge is -2.53. The summed E-state index contributed by atoms with van der Waals surface area (Å²) in [6.45, 7) is 19.8. The van der Waals surface area contributed by atoms with Crippen LogP contribution in [0.15, 0.2) is 24.3 Å². The predicted molar refractivity (Wildman–Crippen MR) is 251 cm³/mol. The second kappa shape index (κ2) is 23.4. The fraction of sp³-hybridized carbons (Fsp3) is 0.837. The van der Waals surface area contributed by atoms with Crippen LogP contribution >= 0.6 is 0 Å². The van der Waals surface area contributed by atoms with Gasteiger partial charge in [0.25, 0.3) is 0 Å². The Morgan fingerprint density at radius 1 is 0.957 bits per heavy atom. The van der Waals surface area contributed by atoms with Gasteiger partial charge in [-0.1, -0.05) is 27.7 Å². The Balaban J connectivity index is 1.78. The molecule has 0 spiro atoms. The minimum Gasteiger partial charge on any atom is -0.459 e. The number of benzene rings is 1. The predicted octanol–water partition coefficient (Wildman–Crippen LogP) is 4.57. The highest BCUT2D eigenvalue weighted by Gasteiger charge is 2.58. The van der Waals surface area contributed by atoms with Gasteiger partial charge in [0.15, 0.2) is 12.6 Å². The number of halogens is 3. The van der Waals surface area contributed by atoms with E-state index in [1.165, 1.54) is 50.1 Å². The number of aliphatic hydroxyl groups excluding tert-OH is 2. The van der Waals surface area contributed by atoms with E-state index >= 15 is 0 Å². The lowest BCUT2D eigenvalue weighted by Crippen LogP contribution is -2.70. The summed E-state index contributed by atoms with van der Waals surface area (Å²) in [4.78, 5) is 30.9. The van der Waals surface area contributed by atoms with Crippen LogP contribution in [-0.4, -0.2) is 173 Å². The third-order valence-corrected chi connectivity index (χ3v) is 15.0. The number of rotatable bonds is 12. The summed E-state index contributed by atoms with van der Waals surface area (Å²) >= 11 is 0. The van der Waals surface area contributed by atoms with Crippen LogP contribution in [0.5, 0.6) is 0 Å². The first kappa shape index (κ1) is 58.8. The Bertz CT molecular complexity index is 1810. The van der Waals surface area contributed by atoms with Crippen molar-refractivity contribution in [3.05, 3.63) is 29.8 Å². The third kappa shape index (κ3) is 13.3. The van der Waals surface area contributed by atoms with Crippen molar-refractivity contribution in [1.29, 1.82) is 0 Å². The quantitative estimate of drug-likeness (QED) is 0.113. The first-order chi connectivity index (χ1) is 31.9. The fourth-order valence-electron chi connectivity index (χ4n) is 10.4. The molecule has 0 saturated carbocycles. The minimum atomic E-state index is -4.57. The Morgan fingerprint density at radius 2 is 1.58 bits per heavy atom. The molecule has 3 fully saturated rings. The molecule has 18 atom stereocenters. The van der Waals surface area contributed by atoms with Crippen LogP contribution in [-0.2, 0) is 39.4 Å². The maximum atomic E-state index is 14.5. The van der Waals surface area contributed by atoms with Gasteiger partial charge < -0.3 is 69.5 Å². The summed E-state index contributed by atoms with van der Waals surface area (Å²) in [5, 5.41) is 66.8. The van der Waals surface area contributed by atoms with Gasteiger partial charge in [-0.25, -0.2) is 4.79 Å². The van der Waals surface area contributed by atoms with E-state index in [0.29, 0.717) is 6.54 Å². The van der Waals surface area contributed by atoms with E-state index in [4.69, 9.17) is 28.4 Å². The zero-order valence-corrected chi connectivity index (χ0v) is 43.1. The van der Waals surface area contributed by atoms with Crippen LogP contribution < -0.4 is 15.5 Å². The number of hydrogen-bond donors (Lipinski definition) is 7. The number of nitrogens with zero attached hydrogens (tertiary/aromatic N) is 2. The average molecular weight is 993 g/mol. The number of methoxy groups -OCH3 is 1. The molecule has 0 bridgehead atoms. The first-order valence-corrected chi connectivity index (χ1v) is 24.4. The fourth-order valence-corrected chi connectivity index (χ4v) is 10.4. The molecule has 1 aromatic rings. The summed E-state index contributed by atoms with van der Waals surface area (Å²) in [5.74, 6) is -3.24. The molecule has 7 N–H and O–H groups in total. The largest absolute Gasteiger partial charge is 0.459 e. The summed E-state index contributed by atoms with van der Waals surface area (Å²) in [6.07, 6.45) is -14.1. The molecule has 3 heterocycles. The highest BCUT2D eigenvalue weighted by molar-refractivity contribution is 5.91. The van der Waals surface area contributed by atoms with E-state index < -0.39 is 125 Å². The summed E-state index contributed by atoms with van der Waals surface area (Å²) in [6, 6.07) is 1.84. The van der Waals surface area contributed by atoms with Crippen LogP contribution in [0.1, 0.15) is 114 Å². The van der Waals surface area contributed by atoms with E-state index in [1.54, 1.807) is 55.4 Å². The number of carbonyl (C=O) groups excluding carboxylic acids is 2. The number of carbonyl (C=O) groups is 2. The van der Waals surface area contributed by atoms with Gasteiger partial charge in [-0.3, -0.25) is 9.69 Å². The van der Waals surface area contributed by atoms with Crippen LogP contribution in [0.25, 0.3) is 0 Å². The molecule has 17 nitrogen and oxygen atoms in total. The highest BCUT2D eigenvalue weighted by atomic mass is 19.4. The van der Waals surface area contributed by atoms with Crippen molar-refractivity contribution in [2.24, 2.45) is 17.8 Å². The van der Waals surface area contributed by atoms with E-state index in [9.17, 15) is 48.3 Å². The molecule has 3 saturated heterocycles. The number of alkyl halides is 3. The van der Waals surface area contributed by atoms with Crippen LogP contribution in [0.2, 0.25) is 0 Å². The topological polar surface area (TPSA) is 221 Å². The van der Waals surface area contributed by atoms with Gasteiger partial charge in [0.2, 0.25) is 0 Å². The van der Waals surface area contributed by atoms with E-state index in [1.807, 2.05) is 13.8 Å². The molecule has 0 unspecified atom stereocenters. The molecule has 3 aliphatic rings. The van der Waals surface area contributed by atoms with Crippen molar-refractivity contribution in [1.82, 2.24) is 15.5 Å². The van der Waals surface area contributed by atoms with Crippen molar-refractivity contribution in [3.63, 3.8) is 0 Å². The SMILES string of the molecule is CCCNC[C@]1(O)[C@H](C)O[C@@H](O[C@H]2[C@H](C)[C@@H](O[C@@H]3O[C@H](C)C[C@H](N(C)C(=O)N(C)c4ccc(C(F)(F)F)cc4)[C@H]3O)[C@](C)(O)C[C@@H](C)CN[C@H](C)[C@@H](O)[C@](C)(O)[C@@H](CC)OC(=O)[C@@H]2C)C[C@@]1(C)OC. The molecule has 0 aliphatic carbocycles. The molecule has 398 valence electrons. The molecular weight excluding hydrogens is 910 g/mol. The lowest BCUT2D eigenvalue weighted by atomic mass is 9.75. The van der Waals surface area contributed by atoms with Gasteiger partial charge in [-0.2, -0.15) is 13.2 Å². The number of ether oxygens (including phenoxy) is 6. The molecule has 0 radical (unpaired) electrons. The number of amides is 2. The summed E-state index contributed by atoms with van der Waals surface area (Å²) < 4.78 is 78.4. The molecule has 4 rings (SSSR count). The van der Waals surface area contributed by atoms with Gasteiger partial charge in [0, 0.05) is 51.8 Å². The molecular formula is C49H83F3N4O13. The number of likely N-dealkylation sites (N-methyl/N-ethyl adjacent to an activating group) is 1. The molecule has 20 heteroatoms. The maximum absolute atomic E-state index is 14.5.